The minimum Gasteiger partial charge on any atom is -0.314 e. The molecule has 1 saturated heterocycles. The number of rotatable bonds is 4. The van der Waals surface area contributed by atoms with Gasteiger partial charge in [0.1, 0.15) is 0 Å². The summed E-state index contributed by atoms with van der Waals surface area (Å²) in [5.74, 6) is 0. The summed E-state index contributed by atoms with van der Waals surface area (Å²) in [6.07, 6.45) is 7.40. The molecule has 0 saturated carbocycles. The van der Waals surface area contributed by atoms with Crippen molar-refractivity contribution in [3.05, 3.63) is 59.9 Å². The van der Waals surface area contributed by atoms with Crippen molar-refractivity contribution in [1.29, 1.82) is 0 Å². The molecule has 116 valence electrons. The maximum Gasteiger partial charge on any atom is 0.152 e. The maximum atomic E-state index is 11.4. The summed E-state index contributed by atoms with van der Waals surface area (Å²) in [4.78, 5) is 18.5. The van der Waals surface area contributed by atoms with Crippen molar-refractivity contribution in [2.45, 2.75) is 19.4 Å². The first kappa shape index (κ1) is 14.2. The molecule has 23 heavy (non-hydrogen) atoms. The van der Waals surface area contributed by atoms with Crippen LogP contribution in [0.2, 0.25) is 0 Å². The average molecular weight is 305 g/mol. The highest BCUT2D eigenvalue weighted by Gasteiger charge is 2.14. The van der Waals surface area contributed by atoms with Gasteiger partial charge < -0.3 is 4.40 Å². The number of carbonyl (C=O) groups excluding carboxylic acids is 1. The zero-order chi connectivity index (χ0) is 15.6. The molecule has 0 amide bonds. The molecule has 4 rings (SSSR count). The van der Waals surface area contributed by atoms with E-state index < -0.39 is 0 Å². The van der Waals surface area contributed by atoms with Gasteiger partial charge in [-0.05, 0) is 55.8 Å². The van der Waals surface area contributed by atoms with Crippen LogP contribution in [0, 0.1) is 0 Å². The normalized spacial score (nSPS) is 15.3. The van der Waals surface area contributed by atoms with Gasteiger partial charge in [-0.1, -0.05) is 12.1 Å². The predicted octanol–water partition coefficient (Wildman–Crippen LogP) is 3.41. The lowest BCUT2D eigenvalue weighted by atomic mass is 10.1. The lowest BCUT2D eigenvalue weighted by Gasteiger charge is -2.14. The lowest BCUT2D eigenvalue weighted by molar-refractivity contribution is 0.112. The molecule has 0 N–H and O–H groups in total. The molecule has 1 fully saturated rings. The Hall–Kier alpha value is -2.46. The molecule has 0 aromatic carbocycles. The topological polar surface area (TPSA) is 37.6 Å². The maximum absolute atomic E-state index is 11.4. The highest BCUT2D eigenvalue weighted by molar-refractivity contribution is 5.89. The number of pyridine rings is 2. The Kier molecular flexibility index (Phi) is 3.67. The lowest BCUT2D eigenvalue weighted by Crippen LogP contribution is -2.18. The van der Waals surface area contributed by atoms with E-state index in [2.05, 4.69) is 16.0 Å². The molecule has 0 spiro atoms. The van der Waals surface area contributed by atoms with Gasteiger partial charge in [-0.15, -0.1) is 0 Å². The Bertz CT molecular complexity index is 829. The molecular formula is C19H19N3O. The van der Waals surface area contributed by atoms with E-state index in [1.165, 1.54) is 31.5 Å². The molecule has 1 aliphatic heterocycles. The van der Waals surface area contributed by atoms with Crippen LogP contribution in [0.3, 0.4) is 0 Å². The molecular weight excluding hydrogens is 286 g/mol. The summed E-state index contributed by atoms with van der Waals surface area (Å²) in [6, 6.07) is 12.0. The van der Waals surface area contributed by atoms with Gasteiger partial charge in [0.15, 0.2) is 6.29 Å². The number of nitrogens with zero attached hydrogens (tertiary/aromatic N) is 3. The van der Waals surface area contributed by atoms with Gasteiger partial charge in [-0.2, -0.15) is 0 Å². The van der Waals surface area contributed by atoms with E-state index in [4.69, 9.17) is 0 Å². The van der Waals surface area contributed by atoms with E-state index in [-0.39, 0.29) is 0 Å². The first-order valence-corrected chi connectivity index (χ1v) is 8.08. The summed E-state index contributed by atoms with van der Waals surface area (Å²) in [7, 11) is 0. The number of hydrogen-bond acceptors (Lipinski definition) is 3. The first-order valence-electron chi connectivity index (χ1n) is 8.08. The smallest absolute Gasteiger partial charge is 0.152 e. The molecule has 3 aromatic rings. The Labute approximate surface area is 135 Å². The first-order chi connectivity index (χ1) is 11.3. The zero-order valence-electron chi connectivity index (χ0n) is 13.0. The van der Waals surface area contributed by atoms with Gasteiger partial charge in [0.05, 0.1) is 11.4 Å². The fraction of sp³-hybridized carbons (Fsp3) is 0.263. The van der Waals surface area contributed by atoms with Gasteiger partial charge in [0.2, 0.25) is 0 Å². The number of fused-ring (bicyclic) bond motifs is 1. The van der Waals surface area contributed by atoms with Gasteiger partial charge >= 0.3 is 0 Å². The van der Waals surface area contributed by atoms with E-state index >= 15 is 0 Å². The Morgan fingerprint density at radius 2 is 2.00 bits per heavy atom. The van der Waals surface area contributed by atoms with E-state index in [0.717, 1.165) is 29.7 Å². The summed E-state index contributed by atoms with van der Waals surface area (Å²) >= 11 is 0. The molecule has 4 heteroatoms. The zero-order valence-corrected chi connectivity index (χ0v) is 13.0. The average Bonchev–Trinajstić information content (AvgIpc) is 3.22. The summed E-state index contributed by atoms with van der Waals surface area (Å²) < 4.78 is 2.02. The van der Waals surface area contributed by atoms with Crippen LogP contribution in [0.5, 0.6) is 0 Å². The fourth-order valence-electron chi connectivity index (χ4n) is 3.36. The van der Waals surface area contributed by atoms with E-state index in [1.807, 2.05) is 47.1 Å². The Morgan fingerprint density at radius 1 is 1.13 bits per heavy atom. The van der Waals surface area contributed by atoms with Crippen molar-refractivity contribution in [1.82, 2.24) is 14.3 Å². The van der Waals surface area contributed by atoms with Crippen LogP contribution in [-0.2, 0) is 6.54 Å². The van der Waals surface area contributed by atoms with Crippen LogP contribution in [0.25, 0.3) is 16.9 Å². The molecule has 0 bridgehead atoms. The Balaban J connectivity index is 1.69. The van der Waals surface area contributed by atoms with Crippen LogP contribution in [0.1, 0.15) is 28.8 Å². The van der Waals surface area contributed by atoms with Crippen LogP contribution in [0.15, 0.2) is 48.8 Å². The van der Waals surface area contributed by atoms with Crippen LogP contribution in [-0.4, -0.2) is 33.7 Å². The standard InChI is InChI=1S/C19H19N3O/c23-14-16-11-17-5-1-2-10-22(17)19(16)18-7-6-15(12-20-18)13-21-8-3-4-9-21/h1-2,5-7,10-12,14H,3-4,8-9,13H2. The second kappa shape index (κ2) is 5.97. The molecule has 0 aliphatic carbocycles. The van der Waals surface area contributed by atoms with Crippen molar-refractivity contribution in [2.24, 2.45) is 0 Å². The number of likely N-dealkylation sites (tertiary alicyclic amines) is 1. The van der Waals surface area contributed by atoms with E-state index in [9.17, 15) is 4.79 Å². The van der Waals surface area contributed by atoms with Crippen molar-refractivity contribution in [3.8, 4) is 11.4 Å². The second-order valence-electron chi connectivity index (χ2n) is 6.10. The van der Waals surface area contributed by atoms with Crippen LogP contribution >= 0.6 is 0 Å². The second-order valence-corrected chi connectivity index (χ2v) is 6.10. The van der Waals surface area contributed by atoms with Gasteiger partial charge in [-0.25, -0.2) is 0 Å². The molecule has 1 aliphatic rings. The molecule has 4 nitrogen and oxygen atoms in total. The summed E-state index contributed by atoms with van der Waals surface area (Å²) in [6.45, 7) is 3.32. The number of aromatic nitrogens is 2. The minimum absolute atomic E-state index is 0.677. The van der Waals surface area contributed by atoms with Crippen molar-refractivity contribution in [3.63, 3.8) is 0 Å². The molecule has 3 aromatic heterocycles. The predicted molar refractivity (Wildman–Crippen MR) is 90.5 cm³/mol. The number of carbonyl (C=O) groups is 1. The third-order valence-corrected chi connectivity index (χ3v) is 4.51. The Morgan fingerprint density at radius 3 is 2.74 bits per heavy atom. The van der Waals surface area contributed by atoms with E-state index in [0.29, 0.717) is 5.56 Å². The van der Waals surface area contributed by atoms with Gasteiger partial charge in [0, 0.05) is 30.0 Å². The monoisotopic (exact) mass is 305 g/mol. The van der Waals surface area contributed by atoms with Crippen molar-refractivity contribution >= 4 is 11.8 Å². The molecule has 0 unspecified atom stereocenters. The van der Waals surface area contributed by atoms with Crippen molar-refractivity contribution < 1.29 is 4.79 Å². The number of aldehydes is 1. The van der Waals surface area contributed by atoms with Crippen molar-refractivity contribution in [2.75, 3.05) is 13.1 Å². The van der Waals surface area contributed by atoms with E-state index in [1.54, 1.807) is 0 Å². The summed E-state index contributed by atoms with van der Waals surface area (Å²) in [5.41, 5.74) is 4.61. The highest BCUT2D eigenvalue weighted by atomic mass is 16.1. The minimum atomic E-state index is 0.677. The van der Waals surface area contributed by atoms with Gasteiger partial charge in [0.25, 0.3) is 0 Å². The molecule has 0 atom stereocenters. The molecule has 4 heterocycles. The fourth-order valence-corrected chi connectivity index (χ4v) is 3.36. The summed E-state index contributed by atoms with van der Waals surface area (Å²) in [5, 5.41) is 0. The number of hydrogen-bond donors (Lipinski definition) is 0. The molecule has 0 radical (unpaired) electrons. The highest BCUT2D eigenvalue weighted by Crippen LogP contribution is 2.25. The third-order valence-electron chi connectivity index (χ3n) is 4.51. The van der Waals surface area contributed by atoms with Gasteiger partial charge in [-0.3, -0.25) is 14.7 Å². The van der Waals surface area contributed by atoms with Crippen LogP contribution < -0.4 is 0 Å². The largest absolute Gasteiger partial charge is 0.314 e. The SMILES string of the molecule is O=Cc1cc2ccccn2c1-c1ccc(CN2CCCC2)cn1. The quantitative estimate of drug-likeness (QED) is 0.693. The third kappa shape index (κ3) is 2.66. The van der Waals surface area contributed by atoms with Crippen LogP contribution in [0.4, 0.5) is 0 Å².